The highest BCUT2D eigenvalue weighted by atomic mass is 32.1. The van der Waals surface area contributed by atoms with Gasteiger partial charge in [-0.2, -0.15) is 23.3 Å². The standard InChI is InChI=1S/C12H10F3N5OS.H3N/c1-6-16-7(2)20(18-6)5-8-3-4-9(22-8)10-17-11(21-19-10)12(13,14)15;/h3-4H,5H2,1-2H3;1H3. The average molecular weight is 346 g/mol. The predicted octanol–water partition coefficient (Wildman–Crippen LogP) is 3.24. The maximum atomic E-state index is 12.4. The fourth-order valence-corrected chi connectivity index (χ4v) is 2.80. The number of thiophene rings is 1. The van der Waals surface area contributed by atoms with Gasteiger partial charge in [0.25, 0.3) is 0 Å². The lowest BCUT2D eigenvalue weighted by molar-refractivity contribution is -0.159. The van der Waals surface area contributed by atoms with Gasteiger partial charge in [-0.1, -0.05) is 5.16 Å². The van der Waals surface area contributed by atoms with E-state index in [1.165, 1.54) is 11.3 Å². The normalized spacial score (nSPS) is 11.5. The van der Waals surface area contributed by atoms with Crippen LogP contribution in [-0.4, -0.2) is 24.9 Å². The van der Waals surface area contributed by atoms with Crippen LogP contribution < -0.4 is 6.15 Å². The van der Waals surface area contributed by atoms with E-state index < -0.39 is 12.1 Å². The fraction of sp³-hybridized carbons (Fsp3) is 0.333. The van der Waals surface area contributed by atoms with Crippen LogP contribution in [0.2, 0.25) is 0 Å². The highest BCUT2D eigenvalue weighted by Gasteiger charge is 2.38. The van der Waals surface area contributed by atoms with Crippen LogP contribution in [0.1, 0.15) is 22.4 Å². The number of rotatable bonds is 3. The third kappa shape index (κ3) is 3.56. The zero-order valence-corrected chi connectivity index (χ0v) is 13.1. The molecule has 3 N–H and O–H groups in total. The van der Waals surface area contributed by atoms with Gasteiger partial charge in [0.1, 0.15) is 11.6 Å². The maximum absolute atomic E-state index is 12.4. The molecule has 0 saturated carbocycles. The van der Waals surface area contributed by atoms with E-state index in [-0.39, 0.29) is 12.0 Å². The Morgan fingerprint density at radius 3 is 2.52 bits per heavy atom. The molecule has 3 aromatic heterocycles. The molecule has 0 spiro atoms. The van der Waals surface area contributed by atoms with Crippen molar-refractivity contribution in [3.63, 3.8) is 0 Å². The monoisotopic (exact) mass is 346 g/mol. The smallest absolute Gasteiger partial charge is 0.344 e. The molecule has 0 aliphatic carbocycles. The molecule has 23 heavy (non-hydrogen) atoms. The van der Waals surface area contributed by atoms with E-state index in [0.717, 1.165) is 10.7 Å². The number of hydrogen-bond acceptors (Lipinski definition) is 7. The molecule has 7 nitrogen and oxygen atoms in total. The second-order valence-electron chi connectivity index (χ2n) is 4.55. The van der Waals surface area contributed by atoms with Gasteiger partial charge >= 0.3 is 12.1 Å². The van der Waals surface area contributed by atoms with Crippen molar-refractivity contribution in [1.82, 2.24) is 31.1 Å². The highest BCUT2D eigenvalue weighted by Crippen LogP contribution is 2.31. The van der Waals surface area contributed by atoms with Gasteiger partial charge in [-0.05, 0) is 26.0 Å². The average Bonchev–Trinajstić information content (AvgIpc) is 3.10. The Morgan fingerprint density at radius 1 is 1.22 bits per heavy atom. The molecule has 0 amide bonds. The minimum absolute atomic E-state index is 0. The van der Waals surface area contributed by atoms with E-state index in [4.69, 9.17) is 0 Å². The van der Waals surface area contributed by atoms with Crippen molar-refractivity contribution in [1.29, 1.82) is 0 Å². The quantitative estimate of drug-likeness (QED) is 0.780. The Kier molecular flexibility index (Phi) is 4.52. The van der Waals surface area contributed by atoms with Crippen molar-refractivity contribution in [2.24, 2.45) is 0 Å². The lowest BCUT2D eigenvalue weighted by atomic mass is 10.4. The first-order valence-corrected chi connectivity index (χ1v) is 7.02. The van der Waals surface area contributed by atoms with Crippen molar-refractivity contribution in [3.8, 4) is 10.7 Å². The number of halogens is 3. The molecule has 0 radical (unpaired) electrons. The first-order valence-electron chi connectivity index (χ1n) is 6.21. The first-order chi connectivity index (χ1) is 10.3. The van der Waals surface area contributed by atoms with E-state index in [9.17, 15) is 13.2 Å². The Hall–Kier alpha value is -2.27. The van der Waals surface area contributed by atoms with Gasteiger partial charge in [-0.25, -0.2) is 9.67 Å². The lowest BCUT2D eigenvalue weighted by Gasteiger charge is -1.99. The van der Waals surface area contributed by atoms with Gasteiger partial charge in [0.05, 0.1) is 11.4 Å². The van der Waals surface area contributed by atoms with E-state index in [0.29, 0.717) is 17.2 Å². The van der Waals surface area contributed by atoms with E-state index in [1.807, 2.05) is 6.92 Å². The number of aryl methyl sites for hydroxylation is 2. The van der Waals surface area contributed by atoms with Gasteiger partial charge in [-0.3, -0.25) is 0 Å². The molecule has 11 heteroatoms. The molecule has 0 fully saturated rings. The molecule has 3 rings (SSSR count). The summed E-state index contributed by atoms with van der Waals surface area (Å²) in [5, 5.41) is 7.60. The van der Waals surface area contributed by atoms with Gasteiger partial charge in [0.15, 0.2) is 0 Å². The summed E-state index contributed by atoms with van der Waals surface area (Å²) in [6, 6.07) is 3.45. The summed E-state index contributed by atoms with van der Waals surface area (Å²) in [5.41, 5.74) is 0. The Balaban J connectivity index is 0.00000192. The van der Waals surface area contributed by atoms with Gasteiger partial charge in [0.2, 0.25) is 5.82 Å². The second kappa shape index (κ2) is 6.08. The second-order valence-corrected chi connectivity index (χ2v) is 5.72. The molecule has 0 aliphatic rings. The Labute approximate surface area is 132 Å². The first kappa shape index (κ1) is 17.1. The van der Waals surface area contributed by atoms with E-state index in [2.05, 4.69) is 24.7 Å². The summed E-state index contributed by atoms with van der Waals surface area (Å²) < 4.78 is 43.3. The predicted molar refractivity (Wildman–Crippen MR) is 76.2 cm³/mol. The summed E-state index contributed by atoms with van der Waals surface area (Å²) in [6.45, 7) is 4.12. The van der Waals surface area contributed by atoms with Crippen LogP contribution in [0.3, 0.4) is 0 Å². The highest BCUT2D eigenvalue weighted by molar-refractivity contribution is 7.15. The summed E-state index contributed by atoms with van der Waals surface area (Å²) >= 11 is 1.28. The largest absolute Gasteiger partial charge is 0.471 e. The van der Waals surface area contributed by atoms with Crippen molar-refractivity contribution in [2.45, 2.75) is 26.6 Å². The van der Waals surface area contributed by atoms with Gasteiger partial charge in [0, 0.05) is 4.88 Å². The molecule has 0 aliphatic heterocycles. The Morgan fingerprint density at radius 2 is 1.96 bits per heavy atom. The number of hydrogen-bond donors (Lipinski definition) is 1. The zero-order valence-electron chi connectivity index (χ0n) is 12.3. The summed E-state index contributed by atoms with van der Waals surface area (Å²) in [4.78, 5) is 8.97. The third-order valence-electron chi connectivity index (χ3n) is 2.82. The SMILES string of the molecule is Cc1nc(C)n(Cc2ccc(-c3noc(C(F)(F)F)n3)s2)n1.N. The third-order valence-corrected chi connectivity index (χ3v) is 3.88. The minimum Gasteiger partial charge on any atom is -0.344 e. The molecule has 3 heterocycles. The summed E-state index contributed by atoms with van der Waals surface area (Å²) in [6.07, 6.45) is -4.64. The van der Waals surface area contributed by atoms with Crippen LogP contribution in [0, 0.1) is 13.8 Å². The number of nitrogens with zero attached hydrogens (tertiary/aromatic N) is 5. The number of aromatic nitrogens is 5. The molecule has 124 valence electrons. The fourth-order valence-electron chi connectivity index (χ4n) is 1.88. The van der Waals surface area contributed by atoms with Crippen LogP contribution >= 0.6 is 11.3 Å². The van der Waals surface area contributed by atoms with Crippen LogP contribution in [0.5, 0.6) is 0 Å². The maximum Gasteiger partial charge on any atom is 0.471 e. The van der Waals surface area contributed by atoms with Gasteiger partial charge in [-0.15, -0.1) is 11.3 Å². The van der Waals surface area contributed by atoms with Crippen LogP contribution in [0.25, 0.3) is 10.7 Å². The Bertz CT molecular complexity index is 806. The van der Waals surface area contributed by atoms with Crippen LogP contribution in [-0.2, 0) is 12.7 Å². The molecule has 0 atom stereocenters. The molecule has 0 aromatic carbocycles. The summed E-state index contributed by atoms with van der Waals surface area (Å²) in [7, 11) is 0. The van der Waals surface area contributed by atoms with Crippen molar-refractivity contribution >= 4 is 11.3 Å². The van der Waals surface area contributed by atoms with E-state index in [1.54, 1.807) is 23.7 Å². The topological polar surface area (TPSA) is 105 Å². The van der Waals surface area contributed by atoms with Crippen molar-refractivity contribution < 1.29 is 17.7 Å². The van der Waals surface area contributed by atoms with Crippen LogP contribution in [0.15, 0.2) is 16.7 Å². The zero-order chi connectivity index (χ0) is 15.9. The molecule has 0 saturated heterocycles. The van der Waals surface area contributed by atoms with Crippen molar-refractivity contribution in [2.75, 3.05) is 0 Å². The van der Waals surface area contributed by atoms with Crippen molar-refractivity contribution in [3.05, 3.63) is 34.5 Å². The summed E-state index contributed by atoms with van der Waals surface area (Å²) in [5.74, 6) is 0.0175. The molecule has 3 aromatic rings. The van der Waals surface area contributed by atoms with Gasteiger partial charge < -0.3 is 10.7 Å². The molecular weight excluding hydrogens is 333 g/mol. The molecule has 0 bridgehead atoms. The van der Waals surface area contributed by atoms with Crippen LogP contribution in [0.4, 0.5) is 13.2 Å². The molecule has 0 unspecified atom stereocenters. The minimum atomic E-state index is -4.64. The lowest BCUT2D eigenvalue weighted by Crippen LogP contribution is -2.04. The molecular formula is C12H13F3N6OS. The number of alkyl halides is 3. The van der Waals surface area contributed by atoms with E-state index >= 15 is 0 Å².